The number of carbonyl (C=O) groups excluding carboxylic acids is 2. The van der Waals surface area contributed by atoms with E-state index in [1.807, 2.05) is 54.6 Å². The zero-order chi connectivity index (χ0) is 21.3. The highest BCUT2D eigenvalue weighted by Gasteiger charge is 2.14. The molecule has 152 valence electrons. The van der Waals surface area contributed by atoms with Gasteiger partial charge in [0.05, 0.1) is 25.4 Å². The SMILES string of the molecule is COC(=O)c1ccc(COC(=O)/C(=C/c2cccc(OC)c2)c2ccccc2)cc1. The Morgan fingerprint density at radius 3 is 2.23 bits per heavy atom. The van der Waals surface area contributed by atoms with Crippen molar-refractivity contribution in [2.24, 2.45) is 0 Å². The Morgan fingerprint density at radius 2 is 1.57 bits per heavy atom. The summed E-state index contributed by atoms with van der Waals surface area (Å²) in [5.74, 6) is -0.151. The molecule has 0 aromatic heterocycles. The smallest absolute Gasteiger partial charge is 0.339 e. The summed E-state index contributed by atoms with van der Waals surface area (Å²) in [7, 11) is 2.93. The van der Waals surface area contributed by atoms with Gasteiger partial charge in [0.15, 0.2) is 0 Å². The summed E-state index contributed by atoms with van der Waals surface area (Å²) >= 11 is 0. The Kier molecular flexibility index (Phi) is 7.00. The van der Waals surface area contributed by atoms with Crippen molar-refractivity contribution in [2.45, 2.75) is 6.61 Å². The summed E-state index contributed by atoms with van der Waals surface area (Å²) in [4.78, 5) is 24.4. The second kappa shape index (κ2) is 10.1. The average Bonchev–Trinajstić information content (AvgIpc) is 2.81. The predicted octanol–water partition coefficient (Wildman–Crippen LogP) is 4.77. The molecule has 5 heteroatoms. The summed E-state index contributed by atoms with van der Waals surface area (Å²) in [5.41, 5.74) is 3.23. The van der Waals surface area contributed by atoms with Crippen molar-refractivity contribution in [2.75, 3.05) is 14.2 Å². The molecule has 0 radical (unpaired) electrons. The first-order valence-corrected chi connectivity index (χ1v) is 9.36. The van der Waals surface area contributed by atoms with E-state index in [1.165, 1.54) is 7.11 Å². The van der Waals surface area contributed by atoms with E-state index < -0.39 is 11.9 Å². The van der Waals surface area contributed by atoms with Gasteiger partial charge in [-0.25, -0.2) is 9.59 Å². The lowest BCUT2D eigenvalue weighted by Crippen LogP contribution is -2.08. The third-order valence-corrected chi connectivity index (χ3v) is 4.45. The fraction of sp³-hybridized carbons (Fsp3) is 0.120. The molecule has 0 atom stereocenters. The Bertz CT molecular complexity index is 1040. The van der Waals surface area contributed by atoms with Crippen molar-refractivity contribution in [3.63, 3.8) is 0 Å². The molecule has 0 aliphatic carbocycles. The number of rotatable bonds is 7. The average molecular weight is 402 g/mol. The normalized spacial score (nSPS) is 10.9. The lowest BCUT2D eigenvalue weighted by atomic mass is 10.0. The first-order chi connectivity index (χ1) is 14.6. The van der Waals surface area contributed by atoms with E-state index >= 15 is 0 Å². The van der Waals surface area contributed by atoms with Gasteiger partial charge in [0.25, 0.3) is 0 Å². The van der Waals surface area contributed by atoms with E-state index in [0.717, 1.165) is 16.7 Å². The maximum Gasteiger partial charge on any atom is 0.339 e. The highest BCUT2D eigenvalue weighted by atomic mass is 16.5. The molecule has 0 fully saturated rings. The molecule has 3 aromatic carbocycles. The number of methoxy groups -OCH3 is 2. The summed E-state index contributed by atoms with van der Waals surface area (Å²) in [6.07, 6.45) is 1.78. The molecule has 0 N–H and O–H groups in total. The van der Waals surface area contributed by atoms with Crippen molar-refractivity contribution >= 4 is 23.6 Å². The fourth-order valence-electron chi connectivity index (χ4n) is 2.86. The zero-order valence-corrected chi connectivity index (χ0v) is 16.8. The molecular formula is C25H22O5. The molecule has 0 amide bonds. The minimum atomic E-state index is -0.443. The minimum Gasteiger partial charge on any atom is -0.497 e. The van der Waals surface area contributed by atoms with Gasteiger partial charge >= 0.3 is 11.9 Å². The molecule has 5 nitrogen and oxygen atoms in total. The predicted molar refractivity (Wildman–Crippen MR) is 115 cm³/mol. The van der Waals surface area contributed by atoms with Crippen molar-refractivity contribution in [3.05, 3.63) is 101 Å². The van der Waals surface area contributed by atoms with Crippen LogP contribution < -0.4 is 4.74 Å². The topological polar surface area (TPSA) is 61.8 Å². The summed E-state index contributed by atoms with van der Waals surface area (Å²) in [5, 5.41) is 0. The number of hydrogen-bond acceptors (Lipinski definition) is 5. The molecular weight excluding hydrogens is 380 g/mol. The van der Waals surface area contributed by atoms with Crippen LogP contribution in [0.1, 0.15) is 27.0 Å². The Hall–Kier alpha value is -3.86. The van der Waals surface area contributed by atoms with Crippen LogP contribution >= 0.6 is 0 Å². The molecule has 0 aliphatic rings. The number of carbonyl (C=O) groups is 2. The van der Waals surface area contributed by atoms with Crippen LogP contribution in [-0.4, -0.2) is 26.2 Å². The molecule has 0 bridgehead atoms. The third-order valence-electron chi connectivity index (χ3n) is 4.45. The van der Waals surface area contributed by atoms with Crippen molar-refractivity contribution in [1.29, 1.82) is 0 Å². The molecule has 0 heterocycles. The fourth-order valence-corrected chi connectivity index (χ4v) is 2.86. The van der Waals surface area contributed by atoms with Crippen LogP contribution in [0.3, 0.4) is 0 Å². The Morgan fingerprint density at radius 1 is 0.833 bits per heavy atom. The molecule has 3 aromatic rings. The summed E-state index contributed by atoms with van der Waals surface area (Å²) in [6, 6.07) is 23.5. The quantitative estimate of drug-likeness (QED) is 0.324. The van der Waals surface area contributed by atoms with Gasteiger partial charge in [-0.2, -0.15) is 0 Å². The summed E-state index contributed by atoms with van der Waals surface area (Å²) in [6.45, 7) is 0.0859. The number of esters is 2. The van der Waals surface area contributed by atoms with Crippen LogP contribution in [0.15, 0.2) is 78.9 Å². The van der Waals surface area contributed by atoms with Gasteiger partial charge in [0, 0.05) is 0 Å². The van der Waals surface area contributed by atoms with Gasteiger partial charge in [-0.3, -0.25) is 0 Å². The molecule has 3 rings (SSSR count). The minimum absolute atomic E-state index is 0.0859. The van der Waals surface area contributed by atoms with E-state index in [1.54, 1.807) is 37.5 Å². The maximum absolute atomic E-state index is 12.9. The van der Waals surface area contributed by atoms with Gasteiger partial charge < -0.3 is 14.2 Å². The maximum atomic E-state index is 12.9. The number of ether oxygens (including phenoxy) is 3. The number of benzene rings is 3. The zero-order valence-electron chi connectivity index (χ0n) is 16.8. The molecule has 30 heavy (non-hydrogen) atoms. The van der Waals surface area contributed by atoms with E-state index in [0.29, 0.717) is 16.9 Å². The van der Waals surface area contributed by atoms with Gasteiger partial charge in [-0.1, -0.05) is 54.6 Å². The monoisotopic (exact) mass is 402 g/mol. The first kappa shape index (κ1) is 20.9. The van der Waals surface area contributed by atoms with E-state index in [2.05, 4.69) is 4.74 Å². The Labute approximate surface area is 175 Å². The molecule has 0 saturated heterocycles. The molecule has 0 spiro atoms. The van der Waals surface area contributed by atoms with Crippen LogP contribution in [0.5, 0.6) is 5.75 Å². The van der Waals surface area contributed by atoms with Crippen LogP contribution in [0.2, 0.25) is 0 Å². The summed E-state index contributed by atoms with van der Waals surface area (Å²) < 4.78 is 15.5. The van der Waals surface area contributed by atoms with E-state index in [-0.39, 0.29) is 6.61 Å². The van der Waals surface area contributed by atoms with Crippen molar-refractivity contribution in [1.82, 2.24) is 0 Å². The molecule has 0 aliphatic heterocycles. The third kappa shape index (κ3) is 5.35. The lowest BCUT2D eigenvalue weighted by Gasteiger charge is -2.10. The van der Waals surface area contributed by atoms with Gasteiger partial charge in [0.1, 0.15) is 12.4 Å². The van der Waals surface area contributed by atoms with Crippen molar-refractivity contribution in [3.8, 4) is 5.75 Å². The van der Waals surface area contributed by atoms with Crippen LogP contribution in [-0.2, 0) is 20.9 Å². The second-order valence-electron chi connectivity index (χ2n) is 6.47. The van der Waals surface area contributed by atoms with Gasteiger partial charge in [-0.15, -0.1) is 0 Å². The molecule has 0 unspecified atom stereocenters. The number of hydrogen-bond donors (Lipinski definition) is 0. The standard InChI is InChI=1S/C25H22O5/c1-28-22-10-6-7-19(15-22)16-23(20-8-4-3-5-9-20)25(27)30-17-18-11-13-21(14-12-18)24(26)29-2/h3-16H,17H2,1-2H3/b23-16+. The van der Waals surface area contributed by atoms with E-state index in [4.69, 9.17) is 9.47 Å². The first-order valence-electron chi connectivity index (χ1n) is 9.36. The van der Waals surface area contributed by atoms with Gasteiger partial charge in [-0.05, 0) is 47.0 Å². The highest BCUT2D eigenvalue weighted by Crippen LogP contribution is 2.23. The van der Waals surface area contributed by atoms with Gasteiger partial charge in [0.2, 0.25) is 0 Å². The van der Waals surface area contributed by atoms with Crippen LogP contribution in [0, 0.1) is 0 Å². The highest BCUT2D eigenvalue weighted by molar-refractivity contribution is 6.21. The second-order valence-corrected chi connectivity index (χ2v) is 6.47. The van der Waals surface area contributed by atoms with Crippen LogP contribution in [0.25, 0.3) is 11.6 Å². The van der Waals surface area contributed by atoms with Crippen molar-refractivity contribution < 1.29 is 23.8 Å². The largest absolute Gasteiger partial charge is 0.497 e. The van der Waals surface area contributed by atoms with E-state index in [9.17, 15) is 9.59 Å². The molecule has 0 saturated carbocycles. The van der Waals surface area contributed by atoms with Crippen LogP contribution in [0.4, 0.5) is 0 Å². The Balaban J connectivity index is 1.80. The lowest BCUT2D eigenvalue weighted by molar-refractivity contribution is -0.137.